The fraction of sp³-hybridized carbons (Fsp3) is 0.417. The van der Waals surface area contributed by atoms with Gasteiger partial charge in [-0.2, -0.15) is 0 Å². The van der Waals surface area contributed by atoms with Gasteiger partial charge in [-0.05, 0) is 16.9 Å². The highest BCUT2D eigenvalue weighted by Crippen LogP contribution is 2.64. The normalized spacial score (nSPS) is 28.4. The quantitative estimate of drug-likeness (QED) is 0.824. The van der Waals surface area contributed by atoms with Gasteiger partial charge < -0.3 is 5.11 Å². The molecule has 0 aromatic carbocycles. The molecule has 1 aliphatic heterocycles. The van der Waals surface area contributed by atoms with E-state index in [1.807, 2.05) is 13.8 Å². The molecule has 3 rings (SSSR count). The van der Waals surface area contributed by atoms with Crippen LogP contribution >= 0.6 is 11.3 Å². The van der Waals surface area contributed by atoms with Crippen LogP contribution in [0, 0.1) is 17.3 Å². The standard InChI is InChI=1S/C12H11NO4S/c1-12(2)6-7(12)9(15)13(8(6)14)10-5(11(16)17)3-4-18-10/h3-4,6-7H,1-2H3,(H,16,17). The molecule has 94 valence electrons. The number of hydrogen-bond acceptors (Lipinski definition) is 4. The van der Waals surface area contributed by atoms with Gasteiger partial charge in [-0.3, -0.25) is 9.59 Å². The van der Waals surface area contributed by atoms with Crippen LogP contribution in [0.5, 0.6) is 0 Å². The van der Waals surface area contributed by atoms with E-state index in [2.05, 4.69) is 0 Å². The maximum atomic E-state index is 12.2. The van der Waals surface area contributed by atoms with E-state index in [4.69, 9.17) is 5.11 Å². The summed E-state index contributed by atoms with van der Waals surface area (Å²) in [5, 5.41) is 10.8. The van der Waals surface area contributed by atoms with E-state index in [9.17, 15) is 14.4 Å². The number of carboxylic acid groups (broad SMARTS) is 1. The van der Waals surface area contributed by atoms with Gasteiger partial charge in [0.2, 0.25) is 11.8 Å². The molecule has 2 unspecified atom stereocenters. The highest BCUT2D eigenvalue weighted by Gasteiger charge is 2.73. The molecule has 0 radical (unpaired) electrons. The first-order valence-corrected chi connectivity index (χ1v) is 6.44. The Morgan fingerprint density at radius 2 is 1.89 bits per heavy atom. The van der Waals surface area contributed by atoms with Crippen molar-refractivity contribution in [2.75, 3.05) is 4.90 Å². The molecule has 1 saturated heterocycles. The van der Waals surface area contributed by atoms with Crippen LogP contribution in [0.2, 0.25) is 0 Å². The fourth-order valence-corrected chi connectivity index (χ4v) is 3.68. The van der Waals surface area contributed by atoms with Gasteiger partial charge in [-0.25, -0.2) is 9.69 Å². The number of fused-ring (bicyclic) bond motifs is 1. The Kier molecular flexibility index (Phi) is 2.03. The monoisotopic (exact) mass is 265 g/mol. The fourth-order valence-electron chi connectivity index (χ4n) is 2.78. The third kappa shape index (κ3) is 1.18. The lowest BCUT2D eigenvalue weighted by molar-refractivity contribution is -0.125. The maximum Gasteiger partial charge on any atom is 0.338 e. The average molecular weight is 265 g/mol. The van der Waals surface area contributed by atoms with Gasteiger partial charge in [0, 0.05) is 0 Å². The Morgan fingerprint density at radius 3 is 2.39 bits per heavy atom. The molecule has 0 bridgehead atoms. The molecule has 2 aliphatic rings. The maximum absolute atomic E-state index is 12.2. The second kappa shape index (κ2) is 3.20. The van der Waals surface area contributed by atoms with E-state index in [1.165, 1.54) is 6.07 Å². The molecule has 1 aliphatic carbocycles. The largest absolute Gasteiger partial charge is 0.478 e. The lowest BCUT2D eigenvalue weighted by atomic mass is 10.1. The number of rotatable bonds is 2. The molecule has 18 heavy (non-hydrogen) atoms. The number of anilines is 1. The zero-order valence-corrected chi connectivity index (χ0v) is 10.7. The van der Waals surface area contributed by atoms with Crippen molar-refractivity contribution >= 4 is 34.1 Å². The number of aromatic carboxylic acids is 1. The SMILES string of the molecule is CC1(C)C2C(=O)N(c3sccc3C(=O)O)C(=O)C21. The zero-order valence-electron chi connectivity index (χ0n) is 9.84. The number of amides is 2. The van der Waals surface area contributed by atoms with Crippen LogP contribution in [0.15, 0.2) is 11.4 Å². The van der Waals surface area contributed by atoms with Crippen molar-refractivity contribution in [2.45, 2.75) is 13.8 Å². The van der Waals surface area contributed by atoms with Crippen molar-refractivity contribution in [1.82, 2.24) is 0 Å². The minimum Gasteiger partial charge on any atom is -0.478 e. The van der Waals surface area contributed by atoms with Gasteiger partial charge in [-0.1, -0.05) is 13.8 Å². The van der Waals surface area contributed by atoms with Crippen molar-refractivity contribution in [3.63, 3.8) is 0 Å². The number of carbonyl (C=O) groups is 3. The Hall–Kier alpha value is -1.69. The molecule has 1 N–H and O–H groups in total. The summed E-state index contributed by atoms with van der Waals surface area (Å²) in [6, 6.07) is 1.41. The second-order valence-corrected chi connectivity index (χ2v) is 6.13. The summed E-state index contributed by atoms with van der Waals surface area (Å²) in [7, 11) is 0. The summed E-state index contributed by atoms with van der Waals surface area (Å²) in [4.78, 5) is 36.4. The van der Waals surface area contributed by atoms with Gasteiger partial charge >= 0.3 is 5.97 Å². The lowest BCUT2D eigenvalue weighted by Crippen LogP contribution is -2.36. The van der Waals surface area contributed by atoms with Crippen molar-refractivity contribution in [2.24, 2.45) is 17.3 Å². The van der Waals surface area contributed by atoms with Gasteiger partial charge in [0.15, 0.2) is 0 Å². The Morgan fingerprint density at radius 1 is 1.33 bits per heavy atom. The van der Waals surface area contributed by atoms with Crippen LogP contribution in [0.3, 0.4) is 0 Å². The van der Waals surface area contributed by atoms with Crippen molar-refractivity contribution < 1.29 is 19.5 Å². The highest BCUT2D eigenvalue weighted by molar-refractivity contribution is 7.15. The van der Waals surface area contributed by atoms with Gasteiger partial charge in [0.1, 0.15) is 5.00 Å². The third-order valence-corrected chi connectivity index (χ3v) is 4.78. The topological polar surface area (TPSA) is 74.7 Å². The summed E-state index contributed by atoms with van der Waals surface area (Å²) in [6.07, 6.45) is 0. The van der Waals surface area contributed by atoms with Crippen LogP contribution in [-0.2, 0) is 9.59 Å². The van der Waals surface area contributed by atoms with Crippen LogP contribution in [0.4, 0.5) is 5.00 Å². The number of imide groups is 1. The summed E-state index contributed by atoms with van der Waals surface area (Å²) in [5.41, 5.74) is -0.258. The smallest absolute Gasteiger partial charge is 0.338 e. The van der Waals surface area contributed by atoms with Crippen molar-refractivity contribution in [1.29, 1.82) is 0 Å². The number of hydrogen-bond donors (Lipinski definition) is 1. The lowest BCUT2D eigenvalue weighted by Gasteiger charge is -2.19. The molecule has 5 nitrogen and oxygen atoms in total. The molecule has 2 atom stereocenters. The van der Waals surface area contributed by atoms with Crippen LogP contribution in [0.25, 0.3) is 0 Å². The molecular weight excluding hydrogens is 254 g/mol. The summed E-state index contributed by atoms with van der Waals surface area (Å²) in [6.45, 7) is 3.78. The van der Waals surface area contributed by atoms with E-state index in [0.29, 0.717) is 0 Å². The van der Waals surface area contributed by atoms with Crippen LogP contribution < -0.4 is 4.90 Å². The van der Waals surface area contributed by atoms with Gasteiger partial charge in [0.05, 0.1) is 17.4 Å². The predicted octanol–water partition coefficient (Wildman–Crippen LogP) is 1.59. The molecule has 1 aromatic heterocycles. The Balaban J connectivity index is 2.01. The van der Waals surface area contributed by atoms with Crippen molar-refractivity contribution in [3.05, 3.63) is 17.0 Å². The predicted molar refractivity (Wildman–Crippen MR) is 64.5 cm³/mol. The van der Waals surface area contributed by atoms with E-state index in [-0.39, 0.29) is 39.6 Å². The van der Waals surface area contributed by atoms with Gasteiger partial charge in [-0.15, -0.1) is 11.3 Å². The Labute approximate surface area is 107 Å². The molecule has 0 spiro atoms. The number of thiophene rings is 1. The first kappa shape index (κ1) is 11.4. The minimum atomic E-state index is -1.12. The minimum absolute atomic E-state index is 0.0146. The molecule has 1 saturated carbocycles. The molecule has 2 fully saturated rings. The van der Waals surface area contributed by atoms with E-state index >= 15 is 0 Å². The number of nitrogens with zero attached hydrogens (tertiary/aromatic N) is 1. The molecular formula is C12H11NO4S. The molecule has 2 amide bonds. The molecule has 1 aromatic rings. The molecule has 2 heterocycles. The molecule has 6 heteroatoms. The number of piperidine rings is 1. The summed E-state index contributed by atoms with van der Waals surface area (Å²) < 4.78 is 0. The average Bonchev–Trinajstić information content (AvgIpc) is 2.64. The first-order valence-electron chi connectivity index (χ1n) is 5.56. The Bertz CT molecular complexity index is 565. The van der Waals surface area contributed by atoms with E-state index < -0.39 is 5.97 Å². The van der Waals surface area contributed by atoms with E-state index in [1.54, 1.807) is 5.38 Å². The van der Waals surface area contributed by atoms with Crippen molar-refractivity contribution in [3.8, 4) is 0 Å². The summed E-state index contributed by atoms with van der Waals surface area (Å²) in [5.74, 6) is -2.21. The number of carboxylic acids is 1. The summed E-state index contributed by atoms with van der Waals surface area (Å²) >= 11 is 1.11. The first-order chi connectivity index (χ1) is 8.37. The zero-order chi connectivity index (χ0) is 13.2. The number of carbonyl (C=O) groups excluding carboxylic acids is 2. The second-order valence-electron chi connectivity index (χ2n) is 5.23. The van der Waals surface area contributed by atoms with Gasteiger partial charge in [0.25, 0.3) is 0 Å². The van der Waals surface area contributed by atoms with Crippen LogP contribution in [0.1, 0.15) is 24.2 Å². The van der Waals surface area contributed by atoms with Crippen LogP contribution in [-0.4, -0.2) is 22.9 Å². The third-order valence-electron chi connectivity index (χ3n) is 3.88. The highest BCUT2D eigenvalue weighted by atomic mass is 32.1. The van der Waals surface area contributed by atoms with E-state index in [0.717, 1.165) is 16.2 Å².